The number of carbonyl (C=O) groups is 1. The molecule has 0 saturated heterocycles. The number of ether oxygens (including phenoxy) is 1. The fourth-order valence-electron chi connectivity index (χ4n) is 0.837. The maximum atomic E-state index is 10.7. The van der Waals surface area contributed by atoms with Crippen LogP contribution < -0.4 is 11.5 Å². The van der Waals surface area contributed by atoms with Crippen LogP contribution in [0.3, 0.4) is 0 Å². The Balaban J connectivity index is 2.46. The van der Waals surface area contributed by atoms with E-state index in [0.717, 1.165) is 5.56 Å². The smallest absolute Gasteiger partial charge is 0.320 e. The van der Waals surface area contributed by atoms with Crippen molar-refractivity contribution in [2.24, 2.45) is 5.73 Å². The van der Waals surface area contributed by atoms with Crippen molar-refractivity contribution in [3.8, 4) is 0 Å². The quantitative estimate of drug-likeness (QED) is 0.517. The van der Waals surface area contributed by atoms with E-state index in [2.05, 4.69) is 0 Å². The molecule has 0 spiro atoms. The lowest BCUT2D eigenvalue weighted by Gasteiger charge is -2.02. The lowest BCUT2D eigenvalue weighted by molar-refractivity contribution is -0.143. The SMILES string of the molecule is NCC(=O)OCc1ccc(N)cc1. The van der Waals surface area contributed by atoms with Crippen LogP contribution >= 0.6 is 0 Å². The van der Waals surface area contributed by atoms with Gasteiger partial charge in [-0.25, -0.2) is 0 Å². The van der Waals surface area contributed by atoms with Gasteiger partial charge in [-0.3, -0.25) is 4.79 Å². The molecule has 13 heavy (non-hydrogen) atoms. The topological polar surface area (TPSA) is 78.3 Å². The molecule has 0 unspecified atom stereocenters. The first-order chi connectivity index (χ1) is 6.22. The van der Waals surface area contributed by atoms with Gasteiger partial charge in [-0.2, -0.15) is 0 Å². The molecule has 1 aromatic rings. The fourth-order valence-corrected chi connectivity index (χ4v) is 0.837. The van der Waals surface area contributed by atoms with Gasteiger partial charge < -0.3 is 16.2 Å². The van der Waals surface area contributed by atoms with E-state index in [1.165, 1.54) is 0 Å². The minimum Gasteiger partial charge on any atom is -0.460 e. The van der Waals surface area contributed by atoms with Crippen molar-refractivity contribution in [1.82, 2.24) is 0 Å². The lowest BCUT2D eigenvalue weighted by atomic mass is 10.2. The van der Waals surface area contributed by atoms with E-state index in [1.807, 2.05) is 0 Å². The Hall–Kier alpha value is -1.55. The minimum atomic E-state index is -0.406. The van der Waals surface area contributed by atoms with Crippen LogP contribution in [0.2, 0.25) is 0 Å². The summed E-state index contributed by atoms with van der Waals surface area (Å²) in [6.07, 6.45) is 0. The van der Waals surface area contributed by atoms with Crippen molar-refractivity contribution < 1.29 is 9.53 Å². The third-order valence-corrected chi connectivity index (χ3v) is 1.55. The summed E-state index contributed by atoms with van der Waals surface area (Å²) in [4.78, 5) is 10.7. The van der Waals surface area contributed by atoms with Gasteiger partial charge in [-0.15, -0.1) is 0 Å². The molecular formula is C9H12N2O2. The average molecular weight is 180 g/mol. The molecule has 0 fully saturated rings. The molecule has 0 aliphatic rings. The zero-order chi connectivity index (χ0) is 9.68. The Morgan fingerprint density at radius 1 is 1.31 bits per heavy atom. The van der Waals surface area contributed by atoms with Crippen LogP contribution in [0.4, 0.5) is 5.69 Å². The summed E-state index contributed by atoms with van der Waals surface area (Å²) < 4.78 is 4.81. The van der Waals surface area contributed by atoms with Gasteiger partial charge in [0.2, 0.25) is 0 Å². The standard InChI is InChI=1S/C9H12N2O2/c10-5-9(12)13-6-7-1-3-8(11)4-2-7/h1-4H,5-6,10-11H2. The number of carbonyl (C=O) groups excluding carboxylic acids is 1. The molecule has 0 aromatic heterocycles. The number of esters is 1. The predicted molar refractivity (Wildman–Crippen MR) is 49.7 cm³/mol. The first-order valence-electron chi connectivity index (χ1n) is 3.92. The summed E-state index contributed by atoms with van der Waals surface area (Å²) in [6, 6.07) is 7.12. The maximum absolute atomic E-state index is 10.7. The minimum absolute atomic E-state index is 0.0883. The van der Waals surface area contributed by atoms with Crippen molar-refractivity contribution in [3.63, 3.8) is 0 Å². The number of nitrogen functional groups attached to an aromatic ring is 1. The van der Waals surface area contributed by atoms with Crippen molar-refractivity contribution in [3.05, 3.63) is 29.8 Å². The number of nitrogens with two attached hydrogens (primary N) is 2. The van der Waals surface area contributed by atoms with Crippen molar-refractivity contribution in [1.29, 1.82) is 0 Å². The van der Waals surface area contributed by atoms with E-state index in [1.54, 1.807) is 24.3 Å². The average Bonchev–Trinajstić information content (AvgIpc) is 2.16. The van der Waals surface area contributed by atoms with E-state index in [4.69, 9.17) is 16.2 Å². The second kappa shape index (κ2) is 4.47. The summed E-state index contributed by atoms with van der Waals surface area (Å²) in [6.45, 7) is 0.158. The van der Waals surface area contributed by atoms with E-state index in [0.29, 0.717) is 5.69 Å². The largest absolute Gasteiger partial charge is 0.460 e. The van der Waals surface area contributed by atoms with E-state index in [9.17, 15) is 4.79 Å². The Kier molecular flexibility index (Phi) is 3.28. The van der Waals surface area contributed by atoms with Gasteiger partial charge in [-0.1, -0.05) is 12.1 Å². The second-order valence-corrected chi connectivity index (χ2v) is 2.61. The van der Waals surface area contributed by atoms with E-state index in [-0.39, 0.29) is 13.2 Å². The van der Waals surface area contributed by atoms with Crippen LogP contribution in [0.1, 0.15) is 5.56 Å². The summed E-state index contributed by atoms with van der Waals surface area (Å²) in [7, 11) is 0. The number of benzene rings is 1. The van der Waals surface area contributed by atoms with Crippen LogP contribution in [0.15, 0.2) is 24.3 Å². The first-order valence-corrected chi connectivity index (χ1v) is 3.92. The van der Waals surface area contributed by atoms with Crippen LogP contribution in [0.5, 0.6) is 0 Å². The van der Waals surface area contributed by atoms with Gasteiger partial charge in [0.05, 0.1) is 6.54 Å². The second-order valence-electron chi connectivity index (χ2n) is 2.61. The van der Waals surface area contributed by atoms with Crippen LogP contribution in [-0.4, -0.2) is 12.5 Å². The Morgan fingerprint density at radius 3 is 2.46 bits per heavy atom. The number of rotatable bonds is 3. The molecule has 0 amide bonds. The highest BCUT2D eigenvalue weighted by molar-refractivity contribution is 5.71. The van der Waals surface area contributed by atoms with Gasteiger partial charge in [-0.05, 0) is 17.7 Å². The third kappa shape index (κ3) is 3.13. The van der Waals surface area contributed by atoms with E-state index >= 15 is 0 Å². The van der Waals surface area contributed by atoms with Crippen molar-refractivity contribution in [2.45, 2.75) is 6.61 Å². The Morgan fingerprint density at radius 2 is 1.92 bits per heavy atom. The first kappa shape index (κ1) is 9.54. The maximum Gasteiger partial charge on any atom is 0.320 e. The lowest BCUT2D eigenvalue weighted by Crippen LogP contribution is -2.16. The van der Waals surface area contributed by atoms with Crippen molar-refractivity contribution >= 4 is 11.7 Å². The zero-order valence-corrected chi connectivity index (χ0v) is 7.19. The zero-order valence-electron chi connectivity index (χ0n) is 7.19. The van der Waals surface area contributed by atoms with Gasteiger partial charge in [0.25, 0.3) is 0 Å². The summed E-state index contributed by atoms with van der Waals surface area (Å²) in [5, 5.41) is 0. The van der Waals surface area contributed by atoms with E-state index < -0.39 is 5.97 Å². The predicted octanol–water partition coefficient (Wildman–Crippen LogP) is 0.271. The van der Waals surface area contributed by atoms with Gasteiger partial charge in [0.15, 0.2) is 0 Å². The van der Waals surface area contributed by atoms with Gasteiger partial charge >= 0.3 is 5.97 Å². The normalized spacial score (nSPS) is 9.62. The molecule has 4 N–H and O–H groups in total. The molecule has 0 bridgehead atoms. The molecule has 0 aliphatic carbocycles. The van der Waals surface area contributed by atoms with Crippen molar-refractivity contribution in [2.75, 3.05) is 12.3 Å². The molecule has 4 heteroatoms. The molecule has 0 saturated carbocycles. The number of hydrogen-bond acceptors (Lipinski definition) is 4. The molecule has 1 aromatic carbocycles. The molecule has 1 rings (SSSR count). The molecule has 70 valence electrons. The Bertz CT molecular complexity index is 282. The number of hydrogen-bond donors (Lipinski definition) is 2. The monoisotopic (exact) mass is 180 g/mol. The third-order valence-electron chi connectivity index (χ3n) is 1.55. The molecule has 0 atom stereocenters. The highest BCUT2D eigenvalue weighted by Gasteiger charge is 1.98. The van der Waals surface area contributed by atoms with Gasteiger partial charge in [0.1, 0.15) is 6.61 Å². The summed E-state index contributed by atoms with van der Waals surface area (Å²) >= 11 is 0. The molecular weight excluding hydrogens is 168 g/mol. The van der Waals surface area contributed by atoms with Crippen LogP contribution in [-0.2, 0) is 16.1 Å². The highest BCUT2D eigenvalue weighted by Crippen LogP contribution is 2.06. The van der Waals surface area contributed by atoms with Crippen LogP contribution in [0, 0.1) is 0 Å². The van der Waals surface area contributed by atoms with Crippen LogP contribution in [0.25, 0.3) is 0 Å². The molecule has 4 nitrogen and oxygen atoms in total. The fraction of sp³-hybridized carbons (Fsp3) is 0.222. The highest BCUT2D eigenvalue weighted by atomic mass is 16.5. The molecule has 0 radical (unpaired) electrons. The Labute approximate surface area is 76.5 Å². The van der Waals surface area contributed by atoms with Gasteiger partial charge in [0, 0.05) is 5.69 Å². The number of anilines is 1. The molecule has 0 heterocycles. The summed E-state index contributed by atoms with van der Waals surface area (Å²) in [5.41, 5.74) is 12.1. The molecule has 0 aliphatic heterocycles. The summed E-state index contributed by atoms with van der Waals surface area (Å²) in [5.74, 6) is -0.406.